The van der Waals surface area contributed by atoms with E-state index in [2.05, 4.69) is 26.1 Å². The second-order valence-electron chi connectivity index (χ2n) is 5.92. The third-order valence-corrected chi connectivity index (χ3v) is 4.80. The molecule has 3 rings (SSSR count). The van der Waals surface area contributed by atoms with Crippen molar-refractivity contribution in [3.63, 3.8) is 0 Å². The number of likely N-dealkylation sites (tertiary alicyclic amines) is 1. The molecule has 5 heteroatoms. The second-order valence-corrected chi connectivity index (χ2v) is 6.84. The minimum Gasteiger partial charge on any atom is -0.350 e. The van der Waals surface area contributed by atoms with Crippen molar-refractivity contribution in [2.45, 2.75) is 38.8 Å². The lowest BCUT2D eigenvalue weighted by molar-refractivity contribution is 0.0938. The molecule has 0 bridgehead atoms. The predicted molar refractivity (Wildman–Crippen MR) is 82.8 cm³/mol. The molecule has 2 heterocycles. The fourth-order valence-electron chi connectivity index (χ4n) is 3.05. The Morgan fingerprint density at radius 2 is 2.25 bits per heavy atom. The molecule has 1 aromatic rings. The highest BCUT2D eigenvalue weighted by Gasteiger charge is 2.34. The van der Waals surface area contributed by atoms with Crippen LogP contribution in [0.25, 0.3) is 0 Å². The number of carbonyl (C=O) groups is 1. The van der Waals surface area contributed by atoms with Gasteiger partial charge in [0, 0.05) is 36.3 Å². The van der Waals surface area contributed by atoms with Crippen LogP contribution in [-0.2, 0) is 6.54 Å². The number of amides is 1. The zero-order valence-electron chi connectivity index (χ0n) is 11.9. The zero-order valence-corrected chi connectivity index (χ0v) is 13.5. The van der Waals surface area contributed by atoms with Gasteiger partial charge in [-0.05, 0) is 60.6 Å². The Kier molecular flexibility index (Phi) is 4.17. The maximum Gasteiger partial charge on any atom is 0.267 e. The largest absolute Gasteiger partial charge is 0.350 e. The van der Waals surface area contributed by atoms with E-state index in [1.807, 2.05) is 23.8 Å². The van der Waals surface area contributed by atoms with Crippen LogP contribution in [0.2, 0.25) is 0 Å². The van der Waals surface area contributed by atoms with E-state index < -0.39 is 0 Å². The maximum absolute atomic E-state index is 12.3. The molecular weight excluding hydrogens is 318 g/mol. The van der Waals surface area contributed by atoms with E-state index in [0.717, 1.165) is 35.8 Å². The molecule has 1 aromatic heterocycles. The van der Waals surface area contributed by atoms with Crippen LogP contribution < -0.4 is 5.32 Å². The van der Waals surface area contributed by atoms with Crippen molar-refractivity contribution < 1.29 is 4.79 Å². The van der Waals surface area contributed by atoms with Gasteiger partial charge in [-0.25, -0.2) is 0 Å². The monoisotopic (exact) mass is 339 g/mol. The van der Waals surface area contributed by atoms with Crippen molar-refractivity contribution in [3.05, 3.63) is 22.4 Å². The summed E-state index contributed by atoms with van der Waals surface area (Å²) in [5.74, 6) is 0.662. The van der Waals surface area contributed by atoms with Gasteiger partial charge in [-0.1, -0.05) is 0 Å². The maximum atomic E-state index is 12.3. The molecule has 2 fully saturated rings. The third kappa shape index (κ3) is 3.09. The summed E-state index contributed by atoms with van der Waals surface area (Å²) in [6.07, 6.45) is 5.92. The standard InChI is InChI=1S/C15H22BrN3O/c1-2-18-10-12(16)7-14(18)15(20)17-8-11-5-6-19(9-11)13-3-4-13/h7,10-11,13H,2-6,8-9H2,1H3,(H,17,20). The molecule has 0 spiro atoms. The first-order valence-electron chi connectivity index (χ1n) is 7.55. The Morgan fingerprint density at radius 3 is 2.95 bits per heavy atom. The van der Waals surface area contributed by atoms with Crippen molar-refractivity contribution in [1.29, 1.82) is 0 Å². The lowest BCUT2D eigenvalue weighted by Crippen LogP contribution is -2.32. The van der Waals surface area contributed by atoms with E-state index in [1.54, 1.807) is 0 Å². The fraction of sp³-hybridized carbons (Fsp3) is 0.667. The zero-order chi connectivity index (χ0) is 14.1. The van der Waals surface area contributed by atoms with E-state index in [1.165, 1.54) is 25.8 Å². The smallest absolute Gasteiger partial charge is 0.267 e. The number of aromatic nitrogens is 1. The van der Waals surface area contributed by atoms with Gasteiger partial charge >= 0.3 is 0 Å². The number of halogens is 1. The summed E-state index contributed by atoms with van der Waals surface area (Å²) in [7, 11) is 0. The average Bonchev–Trinajstić information content (AvgIpc) is 3.06. The third-order valence-electron chi connectivity index (χ3n) is 4.37. The summed E-state index contributed by atoms with van der Waals surface area (Å²) in [5, 5.41) is 3.10. The van der Waals surface area contributed by atoms with E-state index in [4.69, 9.17) is 0 Å². The molecule has 1 aliphatic heterocycles. The van der Waals surface area contributed by atoms with Gasteiger partial charge in [0.05, 0.1) is 0 Å². The Morgan fingerprint density at radius 1 is 1.45 bits per heavy atom. The minimum absolute atomic E-state index is 0.0439. The number of rotatable bonds is 5. The second kappa shape index (κ2) is 5.90. The molecule has 1 saturated carbocycles. The average molecular weight is 340 g/mol. The van der Waals surface area contributed by atoms with Crippen molar-refractivity contribution in [2.75, 3.05) is 19.6 Å². The van der Waals surface area contributed by atoms with Gasteiger partial charge in [-0.3, -0.25) is 4.79 Å². The van der Waals surface area contributed by atoms with Crippen LogP contribution in [0.1, 0.15) is 36.7 Å². The van der Waals surface area contributed by atoms with Crippen LogP contribution in [0.15, 0.2) is 16.7 Å². The molecule has 4 nitrogen and oxygen atoms in total. The molecule has 1 aliphatic carbocycles. The molecule has 20 heavy (non-hydrogen) atoms. The van der Waals surface area contributed by atoms with Crippen LogP contribution >= 0.6 is 15.9 Å². The number of hydrogen-bond acceptors (Lipinski definition) is 2. The lowest BCUT2D eigenvalue weighted by Gasteiger charge is -2.15. The fourth-order valence-corrected chi connectivity index (χ4v) is 3.52. The Bertz CT molecular complexity index is 495. The van der Waals surface area contributed by atoms with Gasteiger partial charge in [-0.2, -0.15) is 0 Å². The summed E-state index contributed by atoms with van der Waals surface area (Å²) in [6.45, 7) is 6.03. The highest BCUT2D eigenvalue weighted by Crippen LogP contribution is 2.31. The van der Waals surface area contributed by atoms with Crippen LogP contribution in [0.4, 0.5) is 0 Å². The van der Waals surface area contributed by atoms with Crippen LogP contribution in [0.5, 0.6) is 0 Å². The Labute approximate surface area is 128 Å². The quantitative estimate of drug-likeness (QED) is 0.894. The number of nitrogens with zero attached hydrogens (tertiary/aromatic N) is 2. The molecule has 110 valence electrons. The van der Waals surface area contributed by atoms with Crippen LogP contribution in [0.3, 0.4) is 0 Å². The van der Waals surface area contributed by atoms with Gasteiger partial charge in [0.25, 0.3) is 5.91 Å². The molecule has 2 aliphatic rings. The number of hydrogen-bond donors (Lipinski definition) is 1. The Balaban J connectivity index is 1.51. The van der Waals surface area contributed by atoms with Crippen molar-refractivity contribution in [2.24, 2.45) is 5.92 Å². The van der Waals surface area contributed by atoms with E-state index in [9.17, 15) is 4.79 Å². The van der Waals surface area contributed by atoms with Gasteiger partial charge in [0.15, 0.2) is 0 Å². The van der Waals surface area contributed by atoms with E-state index in [-0.39, 0.29) is 5.91 Å². The summed E-state index contributed by atoms with van der Waals surface area (Å²) >= 11 is 3.43. The summed E-state index contributed by atoms with van der Waals surface area (Å²) in [5.41, 5.74) is 0.747. The first-order valence-corrected chi connectivity index (χ1v) is 8.34. The molecule has 1 unspecified atom stereocenters. The van der Waals surface area contributed by atoms with Gasteiger partial charge in [0.1, 0.15) is 5.69 Å². The summed E-state index contributed by atoms with van der Waals surface area (Å²) < 4.78 is 2.94. The normalized spacial score (nSPS) is 23.2. The minimum atomic E-state index is 0.0439. The number of carbonyl (C=O) groups excluding carboxylic acids is 1. The SMILES string of the molecule is CCn1cc(Br)cc1C(=O)NCC1CCN(C2CC2)C1. The van der Waals surface area contributed by atoms with E-state index >= 15 is 0 Å². The molecule has 1 amide bonds. The van der Waals surface area contributed by atoms with Gasteiger partial charge in [0.2, 0.25) is 0 Å². The molecule has 1 saturated heterocycles. The summed E-state index contributed by atoms with van der Waals surface area (Å²) in [4.78, 5) is 14.8. The molecular formula is C15H22BrN3O. The first-order chi connectivity index (χ1) is 9.67. The molecule has 0 radical (unpaired) electrons. The number of nitrogens with one attached hydrogen (secondary N) is 1. The van der Waals surface area contributed by atoms with Crippen LogP contribution in [-0.4, -0.2) is 41.1 Å². The van der Waals surface area contributed by atoms with Crippen molar-refractivity contribution in [1.82, 2.24) is 14.8 Å². The van der Waals surface area contributed by atoms with Crippen molar-refractivity contribution in [3.8, 4) is 0 Å². The van der Waals surface area contributed by atoms with Crippen LogP contribution in [0, 0.1) is 5.92 Å². The summed E-state index contributed by atoms with van der Waals surface area (Å²) in [6, 6.07) is 2.74. The Hall–Kier alpha value is -0.810. The molecule has 1 N–H and O–H groups in total. The highest BCUT2D eigenvalue weighted by molar-refractivity contribution is 9.10. The predicted octanol–water partition coefficient (Wildman–Crippen LogP) is 2.48. The first kappa shape index (κ1) is 14.1. The highest BCUT2D eigenvalue weighted by atomic mass is 79.9. The lowest BCUT2D eigenvalue weighted by atomic mass is 10.1. The van der Waals surface area contributed by atoms with E-state index in [0.29, 0.717) is 5.92 Å². The van der Waals surface area contributed by atoms with Gasteiger partial charge < -0.3 is 14.8 Å². The van der Waals surface area contributed by atoms with Gasteiger partial charge in [-0.15, -0.1) is 0 Å². The van der Waals surface area contributed by atoms with Crippen molar-refractivity contribution >= 4 is 21.8 Å². The topological polar surface area (TPSA) is 37.3 Å². The molecule has 0 aromatic carbocycles. The number of aryl methyl sites for hydroxylation is 1. The molecule has 1 atom stereocenters.